The van der Waals surface area contributed by atoms with E-state index in [0.717, 1.165) is 29.9 Å². The Hall–Kier alpha value is -2.54. The van der Waals surface area contributed by atoms with Crippen LogP contribution >= 0.6 is 0 Å². The SMILES string of the molecule is CN1N=C(c2ccc(OCC3CCN(C(=O)O)CC3)cc2)C=CC1O. The van der Waals surface area contributed by atoms with E-state index in [-0.39, 0.29) is 0 Å². The maximum atomic E-state index is 10.9. The normalized spacial score (nSPS) is 21.2. The first-order chi connectivity index (χ1) is 12.0. The summed E-state index contributed by atoms with van der Waals surface area (Å²) in [6, 6.07) is 7.69. The van der Waals surface area contributed by atoms with Gasteiger partial charge in [0.15, 0.2) is 6.23 Å². The minimum Gasteiger partial charge on any atom is -0.493 e. The van der Waals surface area contributed by atoms with Crippen molar-refractivity contribution in [3.8, 4) is 5.75 Å². The third kappa shape index (κ3) is 4.30. The Labute approximate surface area is 146 Å². The second-order valence-corrected chi connectivity index (χ2v) is 6.38. The molecule has 3 rings (SSSR count). The van der Waals surface area contributed by atoms with Crippen molar-refractivity contribution in [3.05, 3.63) is 42.0 Å². The summed E-state index contributed by atoms with van der Waals surface area (Å²) in [4.78, 5) is 12.4. The zero-order chi connectivity index (χ0) is 17.8. The lowest BCUT2D eigenvalue weighted by Crippen LogP contribution is -2.38. The molecule has 25 heavy (non-hydrogen) atoms. The molecular weight excluding hydrogens is 322 g/mol. The van der Waals surface area contributed by atoms with Crippen molar-refractivity contribution in [3.63, 3.8) is 0 Å². The van der Waals surface area contributed by atoms with E-state index in [2.05, 4.69) is 5.10 Å². The Bertz CT molecular complexity index is 663. The third-order valence-corrected chi connectivity index (χ3v) is 4.60. The molecule has 0 bridgehead atoms. The number of hydrogen-bond acceptors (Lipinski definition) is 5. The molecule has 7 nitrogen and oxygen atoms in total. The molecule has 134 valence electrons. The van der Waals surface area contributed by atoms with Crippen molar-refractivity contribution >= 4 is 11.8 Å². The van der Waals surface area contributed by atoms with Gasteiger partial charge in [0, 0.05) is 25.7 Å². The zero-order valence-electron chi connectivity index (χ0n) is 14.2. The Balaban J connectivity index is 1.51. The van der Waals surface area contributed by atoms with Crippen molar-refractivity contribution in [2.75, 3.05) is 26.7 Å². The maximum absolute atomic E-state index is 10.9. The van der Waals surface area contributed by atoms with Crippen LogP contribution in [0.2, 0.25) is 0 Å². The number of piperidine rings is 1. The number of aliphatic hydroxyl groups excluding tert-OH is 1. The smallest absolute Gasteiger partial charge is 0.407 e. The van der Waals surface area contributed by atoms with Crippen LogP contribution < -0.4 is 4.74 Å². The number of rotatable bonds is 4. The molecule has 2 heterocycles. The van der Waals surface area contributed by atoms with Gasteiger partial charge in [-0.2, -0.15) is 5.10 Å². The van der Waals surface area contributed by atoms with E-state index in [0.29, 0.717) is 25.6 Å². The van der Waals surface area contributed by atoms with Crippen LogP contribution in [0.15, 0.2) is 41.5 Å². The van der Waals surface area contributed by atoms with Crippen molar-refractivity contribution < 1.29 is 19.7 Å². The number of aliphatic hydroxyl groups is 1. The fourth-order valence-electron chi connectivity index (χ4n) is 2.95. The highest BCUT2D eigenvalue weighted by atomic mass is 16.5. The molecular formula is C18H23N3O4. The lowest BCUT2D eigenvalue weighted by molar-refractivity contribution is 0.0635. The Morgan fingerprint density at radius 1 is 1.28 bits per heavy atom. The monoisotopic (exact) mass is 345 g/mol. The minimum atomic E-state index is -0.840. The molecule has 0 spiro atoms. The molecule has 1 saturated heterocycles. The molecule has 7 heteroatoms. The number of nitrogens with zero attached hydrogens (tertiary/aromatic N) is 3. The number of ether oxygens (including phenoxy) is 1. The van der Waals surface area contributed by atoms with Crippen LogP contribution in [0.5, 0.6) is 5.75 Å². The molecule has 2 N–H and O–H groups in total. The van der Waals surface area contributed by atoms with Gasteiger partial charge >= 0.3 is 6.09 Å². The molecule has 1 atom stereocenters. The molecule has 2 aliphatic heterocycles. The van der Waals surface area contributed by atoms with E-state index >= 15 is 0 Å². The maximum Gasteiger partial charge on any atom is 0.407 e. The van der Waals surface area contributed by atoms with E-state index in [1.54, 1.807) is 19.2 Å². The highest BCUT2D eigenvalue weighted by Gasteiger charge is 2.22. The summed E-state index contributed by atoms with van der Waals surface area (Å²) in [5.41, 5.74) is 1.75. The van der Waals surface area contributed by atoms with Crippen LogP contribution in [0.4, 0.5) is 4.79 Å². The standard InChI is InChI=1S/C18H23N3O4/c1-20-17(22)7-6-16(19-20)14-2-4-15(5-3-14)25-12-13-8-10-21(11-9-13)18(23)24/h2-7,13,17,22H,8-12H2,1H3,(H,23,24). The van der Waals surface area contributed by atoms with Crippen LogP contribution in [0.25, 0.3) is 0 Å². The molecule has 0 aromatic heterocycles. The van der Waals surface area contributed by atoms with Crippen molar-refractivity contribution in [2.24, 2.45) is 11.0 Å². The van der Waals surface area contributed by atoms with Crippen LogP contribution in [0.1, 0.15) is 18.4 Å². The minimum absolute atomic E-state index is 0.385. The first-order valence-electron chi connectivity index (χ1n) is 8.42. The van der Waals surface area contributed by atoms with E-state index < -0.39 is 12.3 Å². The Morgan fingerprint density at radius 3 is 2.56 bits per heavy atom. The second kappa shape index (κ2) is 7.57. The number of hydrogen-bond donors (Lipinski definition) is 2. The summed E-state index contributed by atoms with van der Waals surface area (Å²) in [5, 5.41) is 24.4. The van der Waals surface area contributed by atoms with Gasteiger partial charge in [0.25, 0.3) is 0 Å². The molecule has 1 unspecified atom stereocenters. The van der Waals surface area contributed by atoms with E-state index in [1.165, 1.54) is 9.91 Å². The predicted octanol–water partition coefficient (Wildman–Crippen LogP) is 1.98. The fourth-order valence-corrected chi connectivity index (χ4v) is 2.95. The van der Waals surface area contributed by atoms with Gasteiger partial charge in [-0.05, 0) is 55.2 Å². The number of carboxylic acid groups (broad SMARTS) is 1. The summed E-state index contributed by atoms with van der Waals surface area (Å²) >= 11 is 0. The lowest BCUT2D eigenvalue weighted by atomic mass is 9.98. The highest BCUT2D eigenvalue weighted by molar-refractivity contribution is 6.08. The van der Waals surface area contributed by atoms with Crippen LogP contribution in [-0.4, -0.2) is 64.9 Å². The first kappa shape index (κ1) is 17.3. The number of hydrazone groups is 1. The topological polar surface area (TPSA) is 85.6 Å². The van der Waals surface area contributed by atoms with Crippen molar-refractivity contribution in [2.45, 2.75) is 19.1 Å². The summed E-state index contributed by atoms with van der Waals surface area (Å²) in [6.07, 6.45) is 3.64. The summed E-state index contributed by atoms with van der Waals surface area (Å²) < 4.78 is 5.85. The van der Waals surface area contributed by atoms with Gasteiger partial charge < -0.3 is 19.8 Å². The average Bonchev–Trinajstić information content (AvgIpc) is 2.63. The van der Waals surface area contributed by atoms with Gasteiger partial charge in [0.05, 0.1) is 12.3 Å². The van der Waals surface area contributed by atoms with Crippen molar-refractivity contribution in [1.82, 2.24) is 9.91 Å². The van der Waals surface area contributed by atoms with Gasteiger partial charge in [-0.3, -0.25) is 5.01 Å². The Kier molecular flexibility index (Phi) is 5.23. The van der Waals surface area contributed by atoms with Gasteiger partial charge in [0.1, 0.15) is 5.75 Å². The molecule has 0 aliphatic carbocycles. The Morgan fingerprint density at radius 2 is 1.96 bits per heavy atom. The number of benzene rings is 1. The predicted molar refractivity (Wildman–Crippen MR) is 93.7 cm³/mol. The van der Waals surface area contributed by atoms with Gasteiger partial charge in [-0.25, -0.2) is 4.79 Å². The lowest BCUT2D eigenvalue weighted by Gasteiger charge is -2.29. The van der Waals surface area contributed by atoms with E-state index in [4.69, 9.17) is 9.84 Å². The van der Waals surface area contributed by atoms with Crippen molar-refractivity contribution in [1.29, 1.82) is 0 Å². The zero-order valence-corrected chi connectivity index (χ0v) is 14.2. The van der Waals surface area contributed by atoms with Gasteiger partial charge in [-0.1, -0.05) is 0 Å². The molecule has 1 aromatic carbocycles. The van der Waals surface area contributed by atoms with Crippen LogP contribution in [0.3, 0.4) is 0 Å². The average molecular weight is 345 g/mol. The van der Waals surface area contributed by atoms with Crippen LogP contribution in [-0.2, 0) is 0 Å². The number of likely N-dealkylation sites (N-methyl/N-ethyl adjacent to an activating group) is 1. The first-order valence-corrected chi connectivity index (χ1v) is 8.42. The quantitative estimate of drug-likeness (QED) is 0.871. The molecule has 1 fully saturated rings. The largest absolute Gasteiger partial charge is 0.493 e. The number of carbonyl (C=O) groups is 1. The number of amides is 1. The third-order valence-electron chi connectivity index (χ3n) is 4.60. The van der Waals surface area contributed by atoms with E-state index in [9.17, 15) is 9.90 Å². The molecule has 1 aromatic rings. The fraction of sp³-hybridized carbons (Fsp3) is 0.444. The summed E-state index contributed by atoms with van der Waals surface area (Å²) in [6.45, 7) is 1.75. The van der Waals surface area contributed by atoms with E-state index in [1.807, 2.05) is 24.3 Å². The molecule has 0 saturated carbocycles. The molecule has 1 amide bonds. The second-order valence-electron chi connectivity index (χ2n) is 6.38. The number of allylic oxidation sites excluding steroid dienone is 1. The molecule has 2 aliphatic rings. The highest BCUT2D eigenvalue weighted by Crippen LogP contribution is 2.20. The van der Waals surface area contributed by atoms with Crippen LogP contribution in [0, 0.1) is 5.92 Å². The summed E-state index contributed by atoms with van der Waals surface area (Å²) in [5.74, 6) is 1.18. The van der Waals surface area contributed by atoms with Gasteiger partial charge in [0.2, 0.25) is 0 Å². The molecule has 0 radical (unpaired) electrons. The van der Waals surface area contributed by atoms with Gasteiger partial charge in [-0.15, -0.1) is 0 Å². The number of likely N-dealkylation sites (tertiary alicyclic amines) is 1. The summed E-state index contributed by atoms with van der Waals surface area (Å²) in [7, 11) is 1.72.